The van der Waals surface area contributed by atoms with Gasteiger partial charge in [0.25, 0.3) is 0 Å². The summed E-state index contributed by atoms with van der Waals surface area (Å²) < 4.78 is 54.4. The second-order valence-electron chi connectivity index (χ2n) is 4.77. The van der Waals surface area contributed by atoms with Crippen LogP contribution in [0.25, 0.3) is 0 Å². The van der Waals surface area contributed by atoms with Gasteiger partial charge in [-0.05, 0) is 37.3 Å². The van der Waals surface area contributed by atoms with Crippen molar-refractivity contribution in [2.24, 2.45) is 5.73 Å². The molecule has 0 unspecified atom stereocenters. The minimum atomic E-state index is -3.83. The molecule has 1 heterocycles. The Balaban J connectivity index is 2.63. The van der Waals surface area contributed by atoms with Crippen molar-refractivity contribution in [3.8, 4) is 5.75 Å². The Kier molecular flexibility index (Phi) is 5.14. The van der Waals surface area contributed by atoms with Crippen molar-refractivity contribution in [3.63, 3.8) is 0 Å². The smallest absolute Gasteiger partial charge is 0.216 e. The molecule has 0 saturated heterocycles. The first-order valence-corrected chi connectivity index (χ1v) is 10.9. The minimum Gasteiger partial charge on any atom is -0.494 e. The maximum Gasteiger partial charge on any atom is 0.216 e. The van der Waals surface area contributed by atoms with E-state index < -0.39 is 19.7 Å². The summed E-state index contributed by atoms with van der Waals surface area (Å²) in [6, 6.07) is 6.90. The molecule has 2 aromatic rings. The fourth-order valence-corrected chi connectivity index (χ4v) is 5.33. The number of nitrogens with two attached hydrogens (primary N) is 1. The van der Waals surface area contributed by atoms with E-state index in [1.807, 2.05) is 0 Å². The van der Waals surface area contributed by atoms with Gasteiger partial charge in [0, 0.05) is 17.7 Å². The van der Waals surface area contributed by atoms with Gasteiger partial charge in [0.05, 0.1) is 16.4 Å². The highest BCUT2D eigenvalue weighted by atomic mass is 32.2. The lowest BCUT2D eigenvalue weighted by Crippen LogP contribution is -2.05. The number of thiophene rings is 1. The van der Waals surface area contributed by atoms with Gasteiger partial charge in [-0.25, -0.2) is 16.8 Å². The van der Waals surface area contributed by atoms with Crippen LogP contribution in [0.1, 0.15) is 11.8 Å². The fourth-order valence-electron chi connectivity index (χ4n) is 1.89. The summed E-state index contributed by atoms with van der Waals surface area (Å²) >= 11 is 1.06. The summed E-state index contributed by atoms with van der Waals surface area (Å²) in [5.74, 6) is 0.199. The zero-order chi connectivity index (χ0) is 17.3. The van der Waals surface area contributed by atoms with Crippen molar-refractivity contribution < 1.29 is 21.6 Å². The zero-order valence-electron chi connectivity index (χ0n) is 12.6. The molecule has 0 amide bonds. The monoisotopic (exact) mass is 375 g/mol. The van der Waals surface area contributed by atoms with E-state index in [0.29, 0.717) is 6.61 Å². The Morgan fingerprint density at radius 2 is 1.74 bits per heavy atom. The molecule has 0 bridgehead atoms. The molecule has 0 atom stereocenters. The zero-order valence-corrected chi connectivity index (χ0v) is 15.1. The second-order valence-corrected chi connectivity index (χ2v) is 10.1. The lowest BCUT2D eigenvalue weighted by molar-refractivity contribution is 0.338. The molecule has 0 radical (unpaired) electrons. The van der Waals surface area contributed by atoms with Gasteiger partial charge < -0.3 is 10.5 Å². The van der Waals surface area contributed by atoms with Crippen molar-refractivity contribution >= 4 is 31.0 Å². The lowest BCUT2D eigenvalue weighted by Gasteiger charge is -2.09. The van der Waals surface area contributed by atoms with Crippen LogP contribution in [0.15, 0.2) is 44.3 Å². The minimum absolute atomic E-state index is 0.0994. The van der Waals surface area contributed by atoms with Gasteiger partial charge in [0.1, 0.15) is 9.96 Å². The molecule has 126 valence electrons. The van der Waals surface area contributed by atoms with Crippen LogP contribution in [0.4, 0.5) is 0 Å². The molecule has 0 spiro atoms. The highest BCUT2D eigenvalue weighted by molar-refractivity contribution is 7.93. The average Bonchev–Trinajstić information content (AvgIpc) is 2.96. The highest BCUT2D eigenvalue weighted by Gasteiger charge is 2.23. The van der Waals surface area contributed by atoms with Crippen molar-refractivity contribution in [1.82, 2.24) is 0 Å². The Morgan fingerprint density at radius 3 is 2.26 bits per heavy atom. The van der Waals surface area contributed by atoms with Gasteiger partial charge in [0.15, 0.2) is 9.84 Å². The van der Waals surface area contributed by atoms with E-state index in [1.54, 1.807) is 13.0 Å². The first-order chi connectivity index (χ1) is 10.7. The van der Waals surface area contributed by atoms with Crippen LogP contribution in [0.5, 0.6) is 5.75 Å². The van der Waals surface area contributed by atoms with Crippen LogP contribution in [0.2, 0.25) is 0 Å². The van der Waals surface area contributed by atoms with Crippen LogP contribution < -0.4 is 10.5 Å². The first-order valence-electron chi connectivity index (χ1n) is 6.70. The van der Waals surface area contributed by atoms with E-state index in [1.165, 1.54) is 18.2 Å². The number of rotatable bonds is 6. The normalized spacial score (nSPS) is 12.3. The van der Waals surface area contributed by atoms with E-state index in [4.69, 9.17) is 10.5 Å². The molecule has 0 fully saturated rings. The molecule has 0 saturated carbocycles. The van der Waals surface area contributed by atoms with Gasteiger partial charge in [-0.1, -0.05) is 0 Å². The highest BCUT2D eigenvalue weighted by Crippen LogP contribution is 2.31. The van der Waals surface area contributed by atoms with Crippen molar-refractivity contribution in [1.29, 1.82) is 0 Å². The van der Waals surface area contributed by atoms with Crippen LogP contribution >= 0.6 is 11.3 Å². The summed E-state index contributed by atoms with van der Waals surface area (Å²) in [4.78, 5) is 0.514. The third-order valence-electron chi connectivity index (χ3n) is 3.01. The summed E-state index contributed by atoms with van der Waals surface area (Å²) in [5, 5.41) is 0. The number of benzene rings is 1. The maximum atomic E-state index is 12.7. The molecule has 1 aromatic heterocycles. The summed E-state index contributed by atoms with van der Waals surface area (Å²) in [7, 11) is -7.40. The Bertz CT molecular complexity index is 914. The third-order valence-corrected chi connectivity index (χ3v) is 7.43. The van der Waals surface area contributed by atoms with Crippen molar-refractivity contribution in [2.45, 2.75) is 27.5 Å². The SMILES string of the molecule is CCOc1cc(S(C)(=O)=O)cc(S(=O)(=O)c2ccc(CN)s2)c1. The lowest BCUT2D eigenvalue weighted by atomic mass is 10.3. The number of sulfone groups is 2. The summed E-state index contributed by atoms with van der Waals surface area (Å²) in [6.45, 7) is 2.27. The van der Waals surface area contributed by atoms with Crippen LogP contribution in [-0.4, -0.2) is 29.7 Å². The number of ether oxygens (including phenoxy) is 1. The predicted molar refractivity (Wildman–Crippen MR) is 88.4 cm³/mol. The number of hydrogen-bond donors (Lipinski definition) is 1. The van der Waals surface area contributed by atoms with Crippen LogP contribution in [0.3, 0.4) is 0 Å². The van der Waals surface area contributed by atoms with E-state index in [2.05, 4.69) is 0 Å². The van der Waals surface area contributed by atoms with Crippen LogP contribution in [-0.2, 0) is 26.2 Å². The van der Waals surface area contributed by atoms with Crippen molar-refractivity contribution in [3.05, 3.63) is 35.2 Å². The Morgan fingerprint density at radius 1 is 1.09 bits per heavy atom. The van der Waals surface area contributed by atoms with Crippen molar-refractivity contribution in [2.75, 3.05) is 12.9 Å². The molecule has 0 aliphatic carbocycles. The molecule has 23 heavy (non-hydrogen) atoms. The standard InChI is InChI=1S/C14H17NO5S3/c1-3-20-10-6-12(22(2,16)17)8-13(7-10)23(18,19)14-5-4-11(9-15)21-14/h4-8H,3,9,15H2,1-2H3. The molecule has 0 aliphatic rings. The van der Waals surface area contributed by atoms with E-state index in [0.717, 1.165) is 28.5 Å². The molecule has 1 aromatic carbocycles. The first kappa shape index (κ1) is 17.9. The van der Waals surface area contributed by atoms with Gasteiger partial charge in [-0.3, -0.25) is 0 Å². The van der Waals surface area contributed by atoms with Gasteiger partial charge in [-0.15, -0.1) is 11.3 Å². The topological polar surface area (TPSA) is 104 Å². The molecular formula is C14H17NO5S3. The fraction of sp³-hybridized carbons (Fsp3) is 0.286. The third kappa shape index (κ3) is 3.92. The largest absolute Gasteiger partial charge is 0.494 e. The summed E-state index contributed by atoms with van der Waals surface area (Å²) in [6.07, 6.45) is 1.02. The molecule has 2 rings (SSSR count). The molecule has 2 N–H and O–H groups in total. The Hall–Kier alpha value is -1.42. The molecule has 9 heteroatoms. The van der Waals surface area contributed by atoms with Crippen LogP contribution in [0, 0.1) is 0 Å². The van der Waals surface area contributed by atoms with E-state index >= 15 is 0 Å². The molecule has 6 nitrogen and oxygen atoms in total. The quantitative estimate of drug-likeness (QED) is 0.826. The second kappa shape index (κ2) is 6.60. The number of hydrogen-bond acceptors (Lipinski definition) is 7. The van der Waals surface area contributed by atoms with Gasteiger partial charge in [-0.2, -0.15) is 0 Å². The molecular weight excluding hydrogens is 358 g/mol. The summed E-state index contributed by atoms with van der Waals surface area (Å²) in [5.41, 5.74) is 5.51. The van der Waals surface area contributed by atoms with Gasteiger partial charge >= 0.3 is 0 Å². The van der Waals surface area contributed by atoms with E-state index in [-0.39, 0.29) is 26.3 Å². The maximum absolute atomic E-state index is 12.7. The average molecular weight is 375 g/mol. The van der Waals surface area contributed by atoms with Gasteiger partial charge in [0.2, 0.25) is 9.84 Å². The Labute approximate surface area is 139 Å². The predicted octanol–water partition coefficient (Wildman–Crippen LogP) is 1.84. The molecule has 0 aliphatic heterocycles. The van der Waals surface area contributed by atoms with E-state index in [9.17, 15) is 16.8 Å².